The van der Waals surface area contributed by atoms with Gasteiger partial charge in [0.2, 0.25) is 0 Å². The molecule has 16 heterocycles. The van der Waals surface area contributed by atoms with Crippen LogP contribution in [-0.2, 0) is 84.8 Å². The van der Waals surface area contributed by atoms with E-state index < -0.39 is 40.4 Å². The number of halogens is 2. The molecule has 692 valence electrons. The van der Waals surface area contributed by atoms with Crippen molar-refractivity contribution in [1.29, 1.82) is 0 Å². The highest BCUT2D eigenvalue weighted by molar-refractivity contribution is 9.12. The lowest BCUT2D eigenvalue weighted by molar-refractivity contribution is -0.292. The van der Waals surface area contributed by atoms with E-state index in [0.717, 1.165) is 110 Å². The summed E-state index contributed by atoms with van der Waals surface area (Å²) in [5, 5.41) is 31.2. The molecule has 36 atom stereocenters. The van der Waals surface area contributed by atoms with Crippen molar-refractivity contribution in [1.82, 2.24) is 0 Å². The molecule has 0 aliphatic carbocycles. The Morgan fingerprint density at radius 2 is 0.876 bits per heavy atom. The molecule has 21 nitrogen and oxygen atoms in total. The lowest BCUT2D eigenvalue weighted by Gasteiger charge is -2.47. The zero-order valence-electron chi connectivity index (χ0n) is 76.1. The van der Waals surface area contributed by atoms with Gasteiger partial charge in [-0.2, -0.15) is 0 Å². The molecule has 0 saturated carbocycles. The summed E-state index contributed by atoms with van der Waals surface area (Å²) in [5.41, 5.74) is 2.26. The SMILES string of the molecule is C.C=C(Br)C[C@H](O)CC[C@@]12C[C@H]3O[C@H]4[C@@H](O1)[C@H]1OC(CC(=O)C[C@@H]5[C@@H](C)[C@@H](C[C@H](C)CO[Si](C)(C)C(C)(C)C)O[C@H]5CC5O[C@@H](CCCC)C[C@@H](C)C5=C)CC[C@@H]1O[C@H]4[C@H]3O2.C=C(Br)C[C@H](O)CC[C@@]12C[C@H]3O[C@H]4[C@@H](O1)[C@H]1OC(CC(=O)C[C@@H]5[C@@H](C)[C@@H](C[C@H](C)CO[Si](C)(C)C(C)(C)C)O[C@H]5CC5O[C@@H](CCCO)C[C@@H](C)C5=C)CC[C@@H]1O[C@H]4[C@H]3O2. The molecule has 0 amide bonds. The van der Waals surface area contributed by atoms with Gasteiger partial charge in [0.05, 0.1) is 97.7 Å². The molecular weight excluding hydrogens is 1710 g/mol. The largest absolute Gasteiger partial charge is 0.417 e. The first-order chi connectivity index (χ1) is 56.5. The fraction of sp³-hybridized carbons (Fsp3) is 0.896. The predicted molar refractivity (Wildman–Crippen MR) is 480 cm³/mol. The number of rotatable bonds is 38. The van der Waals surface area contributed by atoms with E-state index in [4.69, 9.17) is 75.2 Å². The molecular formula is C96H160Br2O21Si2. The van der Waals surface area contributed by atoms with Crippen LogP contribution in [0.25, 0.3) is 0 Å². The van der Waals surface area contributed by atoms with Gasteiger partial charge in [-0.05, 0) is 187 Å². The van der Waals surface area contributed by atoms with E-state index in [9.17, 15) is 24.9 Å². The van der Waals surface area contributed by atoms with Gasteiger partial charge in [0.15, 0.2) is 28.2 Å². The quantitative estimate of drug-likeness (QED) is 0.0384. The van der Waals surface area contributed by atoms with Gasteiger partial charge in [-0.3, -0.25) is 9.59 Å². The van der Waals surface area contributed by atoms with Crippen LogP contribution >= 0.6 is 31.9 Å². The van der Waals surface area contributed by atoms with Crippen LogP contribution in [0.1, 0.15) is 271 Å². The molecule has 25 heteroatoms. The minimum atomic E-state index is -1.90. The smallest absolute Gasteiger partial charge is 0.191 e. The Morgan fingerprint density at radius 3 is 1.25 bits per heavy atom. The molecule has 16 fully saturated rings. The summed E-state index contributed by atoms with van der Waals surface area (Å²) in [6.45, 7) is 57.2. The van der Waals surface area contributed by atoms with Crippen LogP contribution in [0.3, 0.4) is 0 Å². The van der Waals surface area contributed by atoms with Crippen molar-refractivity contribution >= 4 is 60.1 Å². The maximum atomic E-state index is 14.3. The first kappa shape index (κ1) is 99.0. The third-order valence-electron chi connectivity index (χ3n) is 31.5. The minimum Gasteiger partial charge on any atom is -0.417 e. The van der Waals surface area contributed by atoms with Gasteiger partial charge in [0.1, 0.15) is 72.6 Å². The molecule has 0 spiro atoms. The predicted octanol–water partition coefficient (Wildman–Crippen LogP) is 18.7. The summed E-state index contributed by atoms with van der Waals surface area (Å²) in [6.07, 6.45) is 13.8. The maximum Gasteiger partial charge on any atom is 0.191 e. The molecule has 16 rings (SSSR count). The summed E-state index contributed by atoms with van der Waals surface area (Å²) in [5.74, 6) is 0.530. The van der Waals surface area contributed by atoms with Crippen LogP contribution in [0.5, 0.6) is 0 Å². The zero-order chi connectivity index (χ0) is 86.6. The van der Waals surface area contributed by atoms with Crippen molar-refractivity contribution in [2.75, 3.05) is 19.8 Å². The topological polar surface area (TPSA) is 243 Å². The average molecular weight is 1870 g/mol. The van der Waals surface area contributed by atoms with Crippen molar-refractivity contribution in [2.45, 2.75) is 477 Å². The van der Waals surface area contributed by atoms with E-state index in [0.29, 0.717) is 120 Å². The molecule has 121 heavy (non-hydrogen) atoms. The van der Waals surface area contributed by atoms with E-state index in [-0.39, 0.29) is 206 Å². The number of carbonyl (C=O) groups is 2. The monoisotopic (exact) mass is 1860 g/mol. The van der Waals surface area contributed by atoms with Crippen molar-refractivity contribution in [3.63, 3.8) is 0 Å². The van der Waals surface area contributed by atoms with Crippen LogP contribution in [0.4, 0.5) is 0 Å². The minimum absolute atomic E-state index is 0. The highest BCUT2D eigenvalue weighted by Gasteiger charge is 2.71. The lowest BCUT2D eigenvalue weighted by atomic mass is 9.78. The van der Waals surface area contributed by atoms with Crippen molar-refractivity contribution in [3.05, 3.63) is 46.4 Å². The van der Waals surface area contributed by atoms with Crippen LogP contribution in [0.15, 0.2) is 46.4 Å². The fourth-order valence-corrected chi connectivity index (χ4v) is 25.2. The van der Waals surface area contributed by atoms with Crippen LogP contribution in [0, 0.1) is 47.3 Å². The van der Waals surface area contributed by atoms with Gasteiger partial charge < -0.3 is 90.5 Å². The Morgan fingerprint density at radius 1 is 0.504 bits per heavy atom. The Bertz CT molecular complexity index is 3260. The normalized spacial score (nSPS) is 41.9. The average Bonchev–Trinajstić information content (AvgIpc) is 1.55. The Hall–Kier alpha value is -1.07. The molecule has 4 unspecified atom stereocenters. The third kappa shape index (κ3) is 23.2. The van der Waals surface area contributed by atoms with E-state index >= 15 is 0 Å². The third-order valence-corrected chi connectivity index (χ3v) is 41.2. The summed E-state index contributed by atoms with van der Waals surface area (Å²) in [6, 6.07) is 0. The first-order valence-electron chi connectivity index (χ1n) is 47.1. The molecule has 16 saturated heterocycles. The molecule has 0 radical (unpaired) electrons. The summed E-state index contributed by atoms with van der Waals surface area (Å²) >= 11 is 6.76. The van der Waals surface area contributed by atoms with Crippen LogP contribution < -0.4 is 0 Å². The number of hydrogen-bond acceptors (Lipinski definition) is 21. The number of ketones is 2. The van der Waals surface area contributed by atoms with Crippen LogP contribution in [-0.4, -0.2) is 234 Å². The highest BCUT2D eigenvalue weighted by Crippen LogP contribution is 2.58. The number of hydrogen-bond donors (Lipinski definition) is 3. The molecule has 0 aromatic heterocycles. The molecule has 12 bridgehead atoms. The van der Waals surface area contributed by atoms with Crippen LogP contribution in [0.2, 0.25) is 36.3 Å². The summed E-state index contributed by atoms with van der Waals surface area (Å²) in [4.78, 5) is 28.6. The van der Waals surface area contributed by atoms with Gasteiger partial charge in [-0.15, -0.1) is 0 Å². The van der Waals surface area contributed by atoms with Gasteiger partial charge in [-0.25, -0.2) is 0 Å². The number of unbranched alkanes of at least 4 members (excludes halogenated alkanes) is 1. The second-order valence-corrected chi connectivity index (χ2v) is 55.0. The summed E-state index contributed by atoms with van der Waals surface area (Å²) in [7, 11) is -3.77. The van der Waals surface area contributed by atoms with E-state index in [1.54, 1.807) is 0 Å². The van der Waals surface area contributed by atoms with Gasteiger partial charge in [0, 0.05) is 96.9 Å². The first-order valence-corrected chi connectivity index (χ1v) is 54.5. The number of ether oxygens (including phenoxy) is 14. The highest BCUT2D eigenvalue weighted by atomic mass is 79.9. The van der Waals surface area contributed by atoms with Gasteiger partial charge >= 0.3 is 0 Å². The molecule has 16 aliphatic heterocycles. The zero-order valence-corrected chi connectivity index (χ0v) is 81.3. The van der Waals surface area contributed by atoms with Crippen molar-refractivity contribution < 1.29 is 100 Å². The Balaban J connectivity index is 0.000000220. The van der Waals surface area contributed by atoms with E-state index in [2.05, 4.69) is 174 Å². The number of Topliss-reactive ketones (excluding diaryl/α,β-unsaturated/α-hetero) is 2. The fourth-order valence-electron chi connectivity index (χ4n) is 22.2. The number of aliphatic hydroxyl groups excluding tert-OH is 3. The van der Waals surface area contributed by atoms with E-state index in [1.807, 2.05) is 0 Å². The Kier molecular flexibility index (Phi) is 33.5. The standard InChI is InChI=1S/C48H79BrO10Si.C47H77BrO11Si.CH4/c1-12-13-14-34-20-28(3)30(5)39(53-34)24-40-36(31(6)38(55-40)19-27(2)26-52-60(10,11)47(7,8)9)23-33(51)22-35-15-16-37-42(54-35)46-45-44(56-37)43-41(57-45)25-48(58-43,59-46)18-17-32(50)21-29(4)49;1-26(25-52-60(9,10)46(6,7)8)18-37-30(5)35(39(55-37)23-38-29(4)27(2)19-33(53-38)12-11-17-49)22-32(51)21-34-13-14-36-41(54-34)45-44-43(56-36)42-40(57-44)24-47(58-42,59-45)16-15-31(50)20-28(3)48;/h27-28,31-32,34-46,50H,4-5,12-26H2,1-3,6-11H3;26-27,30-31,33-45,49-50H,3-4,11-25H2,1-2,5-10H3;1H4/t27-,28+,31+,32+,34-,35?,36+,37-,38+,39?,40-,41+,42-,43-,44-,45+,46-,48-;26-,27+,30+,31+,33-,34?,35+,36-,37+,38?,39-,40+,41-,42-,43-,44+,45-,47-;/m00./s1. The molecule has 0 aromatic rings. The number of aliphatic hydroxyl groups is 3. The number of fused-ring (bicyclic) bond motifs is 2. The lowest BCUT2D eigenvalue weighted by Crippen LogP contribution is -2.61. The number of carbonyl (C=O) groups excluding carboxylic acids is 2. The molecule has 3 N–H and O–H groups in total. The summed E-state index contributed by atoms with van der Waals surface area (Å²) < 4.78 is 110. The second kappa shape index (κ2) is 41.0. The van der Waals surface area contributed by atoms with Gasteiger partial charge in [-0.1, -0.05) is 168 Å². The molecule has 0 aromatic carbocycles. The van der Waals surface area contributed by atoms with Crippen molar-refractivity contribution in [3.8, 4) is 0 Å². The van der Waals surface area contributed by atoms with Gasteiger partial charge in [0.25, 0.3) is 0 Å². The molecule has 16 aliphatic rings. The van der Waals surface area contributed by atoms with E-state index in [1.165, 1.54) is 0 Å². The second-order valence-electron chi connectivity index (χ2n) is 43.1. The van der Waals surface area contributed by atoms with Crippen molar-refractivity contribution in [2.24, 2.45) is 47.3 Å². The Labute approximate surface area is 746 Å². The maximum absolute atomic E-state index is 14.3.